The van der Waals surface area contributed by atoms with Gasteiger partial charge in [0.25, 0.3) is 22.2 Å². The summed E-state index contributed by atoms with van der Waals surface area (Å²) in [5, 5.41) is 18.1. The number of aliphatic hydroxyl groups excluding tert-OH is 1. The minimum Gasteiger partial charge on any atom is -0.513 e. The molecule has 0 bridgehead atoms. The van der Waals surface area contributed by atoms with Gasteiger partial charge in [0.15, 0.2) is 34.8 Å². The average Bonchev–Trinajstić information content (AvgIpc) is 3.43. The van der Waals surface area contributed by atoms with E-state index in [1.54, 1.807) is 70.1 Å². The summed E-state index contributed by atoms with van der Waals surface area (Å²) in [4.78, 5) is 108. The Morgan fingerprint density at radius 2 is 0.795 bits per heavy atom. The molecule has 4 fully saturated rings. The molecule has 0 amide bonds. The number of aryl methyl sites for hydroxylation is 4. The van der Waals surface area contributed by atoms with Gasteiger partial charge in [-0.15, -0.1) is 0 Å². The van der Waals surface area contributed by atoms with Gasteiger partial charge in [0.1, 0.15) is 0 Å². The Hall–Kier alpha value is -9.01. The van der Waals surface area contributed by atoms with Crippen molar-refractivity contribution in [2.45, 2.75) is 52.6 Å². The molecule has 4 aromatic heterocycles. The first-order valence-electron chi connectivity index (χ1n) is 25.3. The Labute approximate surface area is 448 Å². The Kier molecular flexibility index (Phi) is 16.1. The van der Waals surface area contributed by atoms with Gasteiger partial charge in [-0.25, -0.2) is 19.9 Å². The second-order valence-corrected chi connectivity index (χ2v) is 19.8. The number of ketones is 2. The van der Waals surface area contributed by atoms with E-state index in [4.69, 9.17) is 5.11 Å². The van der Waals surface area contributed by atoms with Crippen molar-refractivity contribution < 1.29 is 24.6 Å². The number of carboxylic acids is 1. The number of carbonyl (C=O) groups is 3. The van der Waals surface area contributed by atoms with E-state index in [2.05, 4.69) is 26.5 Å². The van der Waals surface area contributed by atoms with Gasteiger partial charge >= 0.3 is 5.97 Å². The van der Waals surface area contributed by atoms with E-state index in [0.717, 1.165) is 57.0 Å². The third-order valence-corrected chi connectivity index (χ3v) is 14.8. The summed E-state index contributed by atoms with van der Waals surface area (Å²) in [5.41, 5.74) is 5.78. The van der Waals surface area contributed by atoms with E-state index in [1.807, 2.05) is 107 Å². The lowest BCUT2D eigenvalue weighted by Gasteiger charge is -2.39. The fraction of sp³-hybridized carbons (Fsp3) is 0.351. The first-order valence-corrected chi connectivity index (χ1v) is 25.3. The highest BCUT2D eigenvalue weighted by Crippen LogP contribution is 2.28. The molecule has 4 saturated heterocycles. The lowest BCUT2D eigenvalue weighted by molar-refractivity contribution is -0.138. The summed E-state index contributed by atoms with van der Waals surface area (Å²) in [5.74, 6) is 1.31. The van der Waals surface area contributed by atoms with Gasteiger partial charge in [-0.3, -0.25) is 33.6 Å². The number of aliphatic carboxylic acids is 1. The number of para-hydroxylation sites is 8. The number of carboxylic acid groups (broad SMARTS) is 1. The molecule has 78 heavy (non-hydrogen) atoms. The van der Waals surface area contributed by atoms with Gasteiger partial charge in [0.2, 0.25) is 0 Å². The van der Waals surface area contributed by atoms with Crippen molar-refractivity contribution in [3.63, 3.8) is 0 Å². The maximum absolute atomic E-state index is 12.3. The molecule has 406 valence electrons. The predicted molar refractivity (Wildman–Crippen MR) is 303 cm³/mol. The van der Waals surface area contributed by atoms with Crippen LogP contribution in [0.1, 0.15) is 40.5 Å². The van der Waals surface area contributed by atoms with Crippen LogP contribution in [0.15, 0.2) is 129 Å². The smallest absolute Gasteiger partial charge is 0.303 e. The predicted octanol–water partition coefficient (Wildman–Crippen LogP) is 5.12. The molecule has 21 nitrogen and oxygen atoms in total. The summed E-state index contributed by atoms with van der Waals surface area (Å²) in [6, 6.07) is 29.7. The number of aromatic nitrogens is 8. The van der Waals surface area contributed by atoms with E-state index in [-0.39, 0.29) is 77.3 Å². The normalized spacial score (nSPS) is 16.7. The highest BCUT2D eigenvalue weighted by molar-refractivity contribution is 5.88. The standard InChI is InChI=1S/C14H15N3O3.3C14H15N3O2.CH4/c1-16-11-5-3-2-4-10(11)15-13(14(16)20)17-7-9(8-17)6-12(18)19;1-9(18)10-7-17(8-10)13-14(19)16(2)12-6-4-3-5-11(12)15-13;2*1-9(18)11-7-8-17(11)13-14(19)16(2)12-6-4-3-5-10(12)15-13;/h2-5,9H,6-8H2,1H3,(H,18,19);3-6,10,18H,1,7-8H2,2H3;2*3-6,11H,7-8H2,1-2H3;1H4/t;;2*11-;/m..10./s1. The van der Waals surface area contributed by atoms with Crippen LogP contribution in [0.25, 0.3) is 44.1 Å². The first kappa shape index (κ1) is 55.2. The molecule has 0 unspecified atom stereocenters. The molecule has 8 heterocycles. The molecule has 8 aromatic rings. The number of carbonyl (C=O) groups excluding carboxylic acids is 2. The molecule has 4 aliphatic heterocycles. The van der Waals surface area contributed by atoms with Crippen LogP contribution in [0.5, 0.6) is 0 Å². The zero-order chi connectivity index (χ0) is 55.0. The molecule has 0 aliphatic carbocycles. The number of fused-ring (bicyclic) bond motifs is 4. The Morgan fingerprint density at radius 3 is 1.08 bits per heavy atom. The zero-order valence-electron chi connectivity index (χ0n) is 43.7. The number of anilines is 4. The van der Waals surface area contributed by atoms with Crippen LogP contribution in [0.4, 0.5) is 23.3 Å². The number of nitrogens with zero attached hydrogens (tertiary/aromatic N) is 12. The van der Waals surface area contributed by atoms with E-state index < -0.39 is 5.97 Å². The van der Waals surface area contributed by atoms with E-state index in [0.29, 0.717) is 62.5 Å². The topological polar surface area (TPSA) is 244 Å². The fourth-order valence-electron chi connectivity index (χ4n) is 9.95. The molecule has 0 spiro atoms. The van der Waals surface area contributed by atoms with Gasteiger partial charge in [-0.1, -0.05) is 62.5 Å². The lowest BCUT2D eigenvalue weighted by atomic mass is 9.96. The third-order valence-electron chi connectivity index (χ3n) is 14.8. The van der Waals surface area contributed by atoms with Crippen LogP contribution >= 0.6 is 0 Å². The molecular formula is C57H64N12O9. The number of aliphatic hydroxyl groups is 1. The van der Waals surface area contributed by atoms with E-state index >= 15 is 0 Å². The average molecular weight is 1060 g/mol. The minimum atomic E-state index is -0.797. The Balaban J connectivity index is 0.000000137. The van der Waals surface area contributed by atoms with Crippen molar-refractivity contribution in [2.24, 2.45) is 40.0 Å². The molecule has 12 rings (SSSR count). The number of hydrogen-bond donors (Lipinski definition) is 2. The molecule has 2 atom stereocenters. The van der Waals surface area contributed by atoms with Gasteiger partial charge in [-0.2, -0.15) is 0 Å². The Bertz CT molecular complexity index is 3770. The van der Waals surface area contributed by atoms with E-state index in [1.165, 1.54) is 0 Å². The second-order valence-electron chi connectivity index (χ2n) is 19.8. The first-order chi connectivity index (χ1) is 36.8. The van der Waals surface area contributed by atoms with Crippen LogP contribution in [0.3, 0.4) is 0 Å². The molecular weight excluding hydrogens is 997 g/mol. The van der Waals surface area contributed by atoms with Crippen molar-refractivity contribution >= 4 is 84.9 Å². The van der Waals surface area contributed by atoms with Gasteiger partial charge in [0.05, 0.1) is 74.3 Å². The van der Waals surface area contributed by atoms with Crippen LogP contribution in [0.2, 0.25) is 0 Å². The third kappa shape index (κ3) is 10.7. The minimum absolute atomic E-state index is 0. The van der Waals surface area contributed by atoms with Crippen LogP contribution in [0, 0.1) is 11.8 Å². The number of Topliss-reactive ketones (excluding diaryl/α,β-unsaturated/α-hetero) is 2. The van der Waals surface area contributed by atoms with Crippen molar-refractivity contribution in [1.82, 2.24) is 38.2 Å². The highest BCUT2D eigenvalue weighted by Gasteiger charge is 2.37. The van der Waals surface area contributed by atoms with Gasteiger partial charge in [-0.05, 0) is 75.2 Å². The zero-order valence-corrected chi connectivity index (χ0v) is 43.7. The number of rotatable bonds is 9. The molecule has 4 aliphatic rings. The molecule has 4 aromatic carbocycles. The summed E-state index contributed by atoms with van der Waals surface area (Å²) in [6.45, 7) is 10.4. The number of hydrogen-bond acceptors (Lipinski definition) is 16. The Morgan fingerprint density at radius 1 is 0.500 bits per heavy atom. The summed E-state index contributed by atoms with van der Waals surface area (Å²) >= 11 is 0. The molecule has 0 saturated carbocycles. The van der Waals surface area contributed by atoms with Crippen molar-refractivity contribution in [2.75, 3.05) is 58.9 Å². The van der Waals surface area contributed by atoms with Crippen molar-refractivity contribution in [3.05, 3.63) is 151 Å². The van der Waals surface area contributed by atoms with Crippen LogP contribution < -0.4 is 41.8 Å². The second kappa shape index (κ2) is 22.7. The quantitative estimate of drug-likeness (QED) is 0.178. The van der Waals surface area contributed by atoms with E-state index in [9.17, 15) is 38.7 Å². The summed E-state index contributed by atoms with van der Waals surface area (Å²) in [6.07, 6.45) is 1.74. The maximum Gasteiger partial charge on any atom is 0.303 e. The molecule has 0 radical (unpaired) electrons. The summed E-state index contributed by atoms with van der Waals surface area (Å²) in [7, 11) is 6.94. The SMILES string of the molecule is C.C=C(O)C1CN(c2nc3ccccc3n(C)c2=O)C1.CC(=O)[C@@H]1CCN1c1nc2ccccc2n(C)c1=O.CC(=O)[C@H]1CCN1c1nc2ccccc2n(C)c1=O.Cn1c(=O)c(N2CC(CC(=O)O)C2)nc2ccccc21. The van der Waals surface area contributed by atoms with Crippen LogP contribution in [-0.4, -0.2) is 117 Å². The fourth-order valence-corrected chi connectivity index (χ4v) is 9.95. The van der Waals surface area contributed by atoms with Gasteiger partial charge < -0.3 is 48.1 Å². The highest BCUT2D eigenvalue weighted by atomic mass is 16.4. The van der Waals surface area contributed by atoms with Crippen molar-refractivity contribution in [1.29, 1.82) is 0 Å². The van der Waals surface area contributed by atoms with Gasteiger partial charge in [0, 0.05) is 73.4 Å². The maximum atomic E-state index is 12.3. The number of benzene rings is 4. The largest absolute Gasteiger partial charge is 0.513 e. The lowest BCUT2D eigenvalue weighted by Crippen LogP contribution is -2.54. The van der Waals surface area contributed by atoms with Crippen LogP contribution in [-0.2, 0) is 42.6 Å². The summed E-state index contributed by atoms with van der Waals surface area (Å²) < 4.78 is 6.38. The molecule has 2 N–H and O–H groups in total. The molecule has 21 heteroatoms. The van der Waals surface area contributed by atoms with Crippen molar-refractivity contribution in [3.8, 4) is 0 Å². The monoisotopic (exact) mass is 1060 g/mol.